The molecule has 3 atom stereocenters. The molecular formula is C37H41N5O4. The smallest absolute Gasteiger partial charge is 0.268 e. The summed E-state index contributed by atoms with van der Waals surface area (Å²) >= 11 is 0. The number of benzene rings is 3. The number of para-hydroxylation sites is 1. The number of aryl methyl sites for hydroxylation is 1. The first kappa shape index (κ1) is 31.4. The first-order chi connectivity index (χ1) is 22.4. The van der Waals surface area contributed by atoms with Crippen molar-refractivity contribution in [2.24, 2.45) is 5.92 Å². The van der Waals surface area contributed by atoms with E-state index in [9.17, 15) is 19.8 Å². The van der Waals surface area contributed by atoms with E-state index in [1.807, 2.05) is 109 Å². The third-order valence-corrected chi connectivity index (χ3v) is 9.22. The number of aromatic nitrogens is 3. The third kappa shape index (κ3) is 6.12. The van der Waals surface area contributed by atoms with Crippen LogP contribution in [-0.4, -0.2) is 50.2 Å². The van der Waals surface area contributed by atoms with Gasteiger partial charge in [0.25, 0.3) is 5.91 Å². The molecule has 0 aliphatic carbocycles. The molecule has 6 rings (SSSR count). The standard InChI is InChI=1S/C37H41N5O4/c1-27(14-11-13-22-40-25-33(38-39-40)31(26-43)28-15-6-4-7-16-28)37(46)32-24-30(41-23-12-3-2-10-19-35(41)44)20-21-34(32)42(36(37)45)29-17-8-5-9-18-29/h4-9,11,14-18,20-21,24-25,27,31,43,46H,2-3,10,12-13,19,22-23,26H2,1H3/b14-11+/t27-,31?,37+/m0/s1. The highest BCUT2D eigenvalue weighted by Crippen LogP contribution is 2.49. The fraction of sp³-hybridized carbons (Fsp3) is 0.351. The average Bonchev–Trinajstić information content (AvgIpc) is 3.63. The van der Waals surface area contributed by atoms with Crippen LogP contribution in [0.25, 0.3) is 0 Å². The Bertz CT molecular complexity index is 1690. The summed E-state index contributed by atoms with van der Waals surface area (Å²) < 4.78 is 1.74. The fourth-order valence-corrected chi connectivity index (χ4v) is 6.58. The molecule has 238 valence electrons. The number of amides is 2. The Balaban J connectivity index is 1.23. The Kier molecular flexibility index (Phi) is 9.42. The summed E-state index contributed by atoms with van der Waals surface area (Å²) in [5, 5.41) is 30.9. The molecule has 1 saturated heterocycles. The Morgan fingerprint density at radius 1 is 0.935 bits per heavy atom. The lowest BCUT2D eigenvalue weighted by molar-refractivity contribution is -0.138. The number of allylic oxidation sites excluding steroid dienone is 1. The predicted molar refractivity (Wildman–Crippen MR) is 178 cm³/mol. The lowest BCUT2D eigenvalue weighted by Gasteiger charge is -2.29. The van der Waals surface area contributed by atoms with Crippen molar-refractivity contribution >= 4 is 28.9 Å². The van der Waals surface area contributed by atoms with Crippen LogP contribution in [0.15, 0.2) is 97.2 Å². The average molecular weight is 620 g/mol. The number of anilines is 3. The molecule has 1 aromatic heterocycles. The minimum absolute atomic E-state index is 0.0676. The molecule has 0 radical (unpaired) electrons. The van der Waals surface area contributed by atoms with Gasteiger partial charge < -0.3 is 15.1 Å². The maximum Gasteiger partial charge on any atom is 0.268 e. The molecule has 9 nitrogen and oxygen atoms in total. The van der Waals surface area contributed by atoms with Crippen molar-refractivity contribution in [3.8, 4) is 0 Å². The number of carbonyl (C=O) groups excluding carboxylic acids is 2. The number of hydrogen-bond donors (Lipinski definition) is 2. The quantitative estimate of drug-likeness (QED) is 0.216. The van der Waals surface area contributed by atoms with Crippen LogP contribution in [0.2, 0.25) is 0 Å². The molecule has 0 saturated carbocycles. The van der Waals surface area contributed by atoms with Gasteiger partial charge in [-0.15, -0.1) is 5.10 Å². The number of carbonyl (C=O) groups is 2. The number of aliphatic hydroxyl groups is 2. The van der Waals surface area contributed by atoms with Gasteiger partial charge >= 0.3 is 0 Å². The van der Waals surface area contributed by atoms with E-state index in [0.717, 1.165) is 31.2 Å². The van der Waals surface area contributed by atoms with E-state index in [2.05, 4.69) is 10.3 Å². The highest BCUT2D eigenvalue weighted by molar-refractivity contribution is 6.12. The van der Waals surface area contributed by atoms with E-state index in [-0.39, 0.29) is 18.4 Å². The lowest BCUT2D eigenvalue weighted by atomic mass is 9.82. The van der Waals surface area contributed by atoms with Crippen LogP contribution in [0, 0.1) is 5.92 Å². The summed E-state index contributed by atoms with van der Waals surface area (Å²) in [6.45, 7) is 2.95. The van der Waals surface area contributed by atoms with Gasteiger partial charge in [-0.2, -0.15) is 0 Å². The van der Waals surface area contributed by atoms with Crippen LogP contribution in [0.3, 0.4) is 0 Å². The summed E-state index contributed by atoms with van der Waals surface area (Å²) in [4.78, 5) is 30.6. The monoisotopic (exact) mass is 619 g/mol. The Morgan fingerprint density at radius 2 is 1.67 bits per heavy atom. The molecular weight excluding hydrogens is 578 g/mol. The SMILES string of the molecule is C[C@@H](/C=C/CCn1cc(C(CO)c2ccccc2)nn1)[C@]1(O)C(=O)N(c2ccccc2)c2ccc(N3CCCCCCC3=O)cc21. The molecule has 1 unspecified atom stereocenters. The molecule has 2 aliphatic heterocycles. The van der Waals surface area contributed by atoms with Gasteiger partial charge in [-0.1, -0.05) is 85.7 Å². The Labute approximate surface area is 269 Å². The van der Waals surface area contributed by atoms with Crippen molar-refractivity contribution < 1.29 is 19.8 Å². The second kappa shape index (κ2) is 13.8. The minimum Gasteiger partial charge on any atom is -0.395 e. The maximum absolute atomic E-state index is 14.2. The Morgan fingerprint density at radius 3 is 2.43 bits per heavy atom. The molecule has 2 N–H and O–H groups in total. The Hall–Kier alpha value is -4.60. The zero-order valence-electron chi connectivity index (χ0n) is 26.2. The second-order valence-electron chi connectivity index (χ2n) is 12.2. The molecule has 3 aromatic carbocycles. The normalized spacial score (nSPS) is 20.1. The van der Waals surface area contributed by atoms with Crippen LogP contribution in [-0.2, 0) is 21.7 Å². The van der Waals surface area contributed by atoms with Crippen molar-refractivity contribution in [1.29, 1.82) is 0 Å². The predicted octanol–water partition coefficient (Wildman–Crippen LogP) is 5.85. The van der Waals surface area contributed by atoms with Gasteiger partial charge in [0.2, 0.25) is 5.91 Å². The van der Waals surface area contributed by atoms with Crippen molar-refractivity contribution in [2.45, 2.75) is 63.5 Å². The number of aliphatic hydroxyl groups excluding tert-OH is 1. The highest BCUT2D eigenvalue weighted by Gasteiger charge is 2.53. The summed E-state index contributed by atoms with van der Waals surface area (Å²) in [5.41, 5.74) is 2.36. The number of hydrogen-bond acceptors (Lipinski definition) is 6. The number of nitrogens with zero attached hydrogens (tertiary/aromatic N) is 5. The topological polar surface area (TPSA) is 112 Å². The first-order valence-corrected chi connectivity index (χ1v) is 16.2. The summed E-state index contributed by atoms with van der Waals surface area (Å²) in [6, 6.07) is 24.7. The van der Waals surface area contributed by atoms with E-state index in [4.69, 9.17) is 0 Å². The molecule has 4 aromatic rings. The van der Waals surface area contributed by atoms with Gasteiger partial charge in [0.1, 0.15) is 0 Å². The lowest BCUT2D eigenvalue weighted by Crippen LogP contribution is -2.43. The van der Waals surface area contributed by atoms with Crippen molar-refractivity contribution in [1.82, 2.24) is 15.0 Å². The number of fused-ring (bicyclic) bond motifs is 1. The zero-order valence-corrected chi connectivity index (χ0v) is 26.2. The summed E-state index contributed by atoms with van der Waals surface area (Å²) in [5.74, 6) is -1.15. The summed E-state index contributed by atoms with van der Waals surface area (Å²) in [6.07, 6.45) is 10.7. The van der Waals surface area contributed by atoms with Gasteiger partial charge in [0, 0.05) is 48.6 Å². The molecule has 46 heavy (non-hydrogen) atoms. The van der Waals surface area contributed by atoms with E-state index in [1.54, 1.807) is 9.58 Å². The molecule has 0 spiro atoms. The third-order valence-electron chi connectivity index (χ3n) is 9.22. The minimum atomic E-state index is -1.83. The van der Waals surface area contributed by atoms with Gasteiger partial charge in [0.15, 0.2) is 5.60 Å². The van der Waals surface area contributed by atoms with Gasteiger partial charge in [-0.25, -0.2) is 0 Å². The largest absolute Gasteiger partial charge is 0.395 e. The van der Waals surface area contributed by atoms with Crippen molar-refractivity contribution in [3.63, 3.8) is 0 Å². The molecule has 0 bridgehead atoms. The maximum atomic E-state index is 14.2. The molecule has 9 heteroatoms. The van der Waals surface area contributed by atoms with Gasteiger partial charge in [-0.05, 0) is 55.2 Å². The molecule has 1 fully saturated rings. The van der Waals surface area contributed by atoms with Crippen LogP contribution in [0.5, 0.6) is 0 Å². The van der Waals surface area contributed by atoms with Crippen molar-refractivity contribution in [3.05, 3.63) is 114 Å². The van der Waals surface area contributed by atoms with E-state index < -0.39 is 17.4 Å². The van der Waals surface area contributed by atoms with Gasteiger partial charge in [0.05, 0.1) is 23.9 Å². The number of rotatable bonds is 10. The van der Waals surface area contributed by atoms with Gasteiger partial charge in [-0.3, -0.25) is 19.2 Å². The van der Waals surface area contributed by atoms with Crippen LogP contribution in [0.4, 0.5) is 17.1 Å². The molecule has 2 aliphatic rings. The second-order valence-corrected chi connectivity index (χ2v) is 12.2. The zero-order chi connectivity index (χ0) is 32.1. The highest BCUT2D eigenvalue weighted by atomic mass is 16.3. The molecule has 3 heterocycles. The fourth-order valence-electron chi connectivity index (χ4n) is 6.58. The van der Waals surface area contributed by atoms with E-state index in [0.29, 0.717) is 54.3 Å². The van der Waals surface area contributed by atoms with Crippen LogP contribution < -0.4 is 9.80 Å². The van der Waals surface area contributed by atoms with Crippen LogP contribution >= 0.6 is 0 Å². The van der Waals surface area contributed by atoms with Crippen LogP contribution in [0.1, 0.15) is 68.2 Å². The summed E-state index contributed by atoms with van der Waals surface area (Å²) in [7, 11) is 0. The molecule has 2 amide bonds. The van der Waals surface area contributed by atoms with E-state index in [1.165, 1.54) is 0 Å². The van der Waals surface area contributed by atoms with Crippen molar-refractivity contribution in [2.75, 3.05) is 23.0 Å². The van der Waals surface area contributed by atoms with E-state index >= 15 is 0 Å². The first-order valence-electron chi connectivity index (χ1n) is 16.2.